The Morgan fingerprint density at radius 2 is 2.00 bits per heavy atom. The number of rotatable bonds is 7. The topological polar surface area (TPSA) is 81.4 Å². The van der Waals surface area contributed by atoms with Gasteiger partial charge in [0.1, 0.15) is 0 Å². The summed E-state index contributed by atoms with van der Waals surface area (Å²) in [6.45, 7) is 2.23. The maximum absolute atomic E-state index is 12.1. The van der Waals surface area contributed by atoms with E-state index in [2.05, 4.69) is 5.32 Å². The molecule has 2 rings (SSSR count). The molecule has 0 saturated heterocycles. The second-order valence-electron chi connectivity index (χ2n) is 5.21. The second kappa shape index (κ2) is 9.34. The van der Waals surface area contributed by atoms with Crippen molar-refractivity contribution in [2.45, 2.75) is 18.2 Å². The molecule has 0 aromatic heterocycles. The van der Waals surface area contributed by atoms with Crippen molar-refractivity contribution in [2.75, 3.05) is 23.4 Å². The molecule has 0 saturated carbocycles. The van der Waals surface area contributed by atoms with E-state index < -0.39 is 5.97 Å². The highest BCUT2D eigenvalue weighted by molar-refractivity contribution is 8.00. The number of benzene rings is 2. The monoisotopic (exact) mass is 378 g/mol. The molecule has 0 aliphatic rings. The fourth-order valence-corrected chi connectivity index (χ4v) is 2.95. The van der Waals surface area contributed by atoms with Crippen LogP contribution in [0.3, 0.4) is 0 Å². The van der Waals surface area contributed by atoms with Crippen molar-refractivity contribution in [1.29, 1.82) is 0 Å². The molecule has 0 unspecified atom stereocenters. The van der Waals surface area contributed by atoms with E-state index in [0.29, 0.717) is 18.0 Å². The summed E-state index contributed by atoms with van der Waals surface area (Å²) in [5, 5.41) is 3.03. The van der Waals surface area contributed by atoms with Crippen molar-refractivity contribution in [3.05, 3.63) is 53.1 Å². The lowest BCUT2D eigenvalue weighted by Gasteiger charge is -2.09. The number of carbonyl (C=O) groups is 2. The Hall–Kier alpha value is -2.18. The normalized spacial score (nSPS) is 10.3. The Labute approximate surface area is 155 Å². The fraction of sp³-hybridized carbons (Fsp3) is 0.222. The van der Waals surface area contributed by atoms with E-state index >= 15 is 0 Å². The molecule has 0 bridgehead atoms. The Kier molecular flexibility index (Phi) is 7.16. The number of anilines is 2. The second-order valence-corrected chi connectivity index (χ2v) is 6.63. The van der Waals surface area contributed by atoms with E-state index in [-0.39, 0.29) is 22.2 Å². The highest BCUT2D eigenvalue weighted by Crippen LogP contribution is 2.25. The minimum absolute atomic E-state index is 0.201. The Balaban J connectivity index is 1.98. The zero-order valence-corrected chi connectivity index (χ0v) is 15.3. The van der Waals surface area contributed by atoms with Crippen LogP contribution in [0.2, 0.25) is 5.02 Å². The predicted molar refractivity (Wildman–Crippen MR) is 102 cm³/mol. The average Bonchev–Trinajstić information content (AvgIpc) is 2.60. The molecular formula is C18H19ClN2O3S. The number of hydrogen-bond acceptors (Lipinski definition) is 5. The standard InChI is InChI=1S/C18H19ClN2O3S/c1-2-9-24-18(23)13-10-12(7-8-14(13)19)21-17(22)11-25-16-6-4-3-5-15(16)20/h3-8,10H,2,9,11,20H2,1H3,(H,21,22). The number of hydrogen-bond donors (Lipinski definition) is 2. The first-order valence-corrected chi connectivity index (χ1v) is 9.11. The lowest BCUT2D eigenvalue weighted by atomic mass is 10.2. The Morgan fingerprint density at radius 1 is 1.24 bits per heavy atom. The van der Waals surface area contributed by atoms with Crippen molar-refractivity contribution in [3.8, 4) is 0 Å². The minimum atomic E-state index is -0.505. The van der Waals surface area contributed by atoms with Gasteiger partial charge in [0.05, 0.1) is 22.9 Å². The van der Waals surface area contributed by atoms with E-state index in [1.807, 2.05) is 25.1 Å². The first-order chi connectivity index (χ1) is 12.0. The molecule has 2 aromatic rings. The largest absolute Gasteiger partial charge is 0.462 e. The zero-order valence-electron chi connectivity index (χ0n) is 13.8. The summed E-state index contributed by atoms with van der Waals surface area (Å²) >= 11 is 7.38. The van der Waals surface area contributed by atoms with Crippen molar-refractivity contribution in [3.63, 3.8) is 0 Å². The van der Waals surface area contributed by atoms with Crippen LogP contribution < -0.4 is 11.1 Å². The molecule has 0 radical (unpaired) electrons. The first kappa shape index (κ1) is 19.1. The first-order valence-electron chi connectivity index (χ1n) is 7.75. The third kappa shape index (κ3) is 5.69. The van der Waals surface area contributed by atoms with Gasteiger partial charge in [-0.25, -0.2) is 4.79 Å². The summed E-state index contributed by atoms with van der Waals surface area (Å²) in [6.07, 6.45) is 0.722. The number of halogens is 1. The predicted octanol–water partition coefficient (Wildman–Crippen LogP) is 4.22. The van der Waals surface area contributed by atoms with Crippen LogP contribution >= 0.6 is 23.4 Å². The number of carbonyl (C=O) groups excluding carboxylic acids is 2. The molecule has 25 heavy (non-hydrogen) atoms. The van der Waals surface area contributed by atoms with Gasteiger partial charge in [-0.15, -0.1) is 11.8 Å². The Morgan fingerprint density at radius 3 is 2.72 bits per heavy atom. The minimum Gasteiger partial charge on any atom is -0.462 e. The third-order valence-electron chi connectivity index (χ3n) is 3.19. The van der Waals surface area contributed by atoms with Crippen molar-refractivity contribution >= 4 is 46.6 Å². The van der Waals surface area contributed by atoms with E-state index in [1.165, 1.54) is 17.8 Å². The molecule has 5 nitrogen and oxygen atoms in total. The van der Waals surface area contributed by atoms with Gasteiger partial charge in [-0.2, -0.15) is 0 Å². The molecule has 7 heteroatoms. The fourth-order valence-electron chi connectivity index (χ4n) is 1.98. The lowest BCUT2D eigenvalue weighted by Crippen LogP contribution is -2.15. The molecule has 0 atom stereocenters. The number of para-hydroxylation sites is 1. The molecule has 132 valence electrons. The van der Waals surface area contributed by atoms with Gasteiger partial charge in [0.2, 0.25) is 5.91 Å². The quantitative estimate of drug-likeness (QED) is 0.428. The molecule has 0 fully saturated rings. The number of nitrogens with two attached hydrogens (primary N) is 1. The molecular weight excluding hydrogens is 360 g/mol. The summed E-state index contributed by atoms with van der Waals surface area (Å²) in [5.74, 6) is -0.509. The van der Waals surface area contributed by atoms with Crippen LogP contribution in [-0.2, 0) is 9.53 Å². The summed E-state index contributed by atoms with van der Waals surface area (Å²) in [5.41, 5.74) is 7.20. The van der Waals surface area contributed by atoms with E-state index in [9.17, 15) is 9.59 Å². The number of ether oxygens (including phenoxy) is 1. The van der Waals surface area contributed by atoms with Crippen LogP contribution in [0.25, 0.3) is 0 Å². The molecule has 3 N–H and O–H groups in total. The average molecular weight is 379 g/mol. The summed E-state index contributed by atoms with van der Waals surface area (Å²) in [7, 11) is 0. The summed E-state index contributed by atoms with van der Waals surface area (Å²) in [6, 6.07) is 12.1. The van der Waals surface area contributed by atoms with Crippen LogP contribution in [0.15, 0.2) is 47.4 Å². The number of esters is 1. The molecule has 0 spiro atoms. The molecule has 2 aromatic carbocycles. The highest BCUT2D eigenvalue weighted by Gasteiger charge is 2.14. The smallest absolute Gasteiger partial charge is 0.339 e. The molecule has 1 amide bonds. The van der Waals surface area contributed by atoms with Gasteiger partial charge in [0.25, 0.3) is 0 Å². The van der Waals surface area contributed by atoms with Crippen LogP contribution in [0.5, 0.6) is 0 Å². The zero-order chi connectivity index (χ0) is 18.2. The van der Waals surface area contributed by atoms with Crippen molar-refractivity contribution < 1.29 is 14.3 Å². The van der Waals surface area contributed by atoms with Gasteiger partial charge < -0.3 is 15.8 Å². The van der Waals surface area contributed by atoms with Crippen LogP contribution in [0.4, 0.5) is 11.4 Å². The van der Waals surface area contributed by atoms with E-state index in [1.54, 1.807) is 18.2 Å². The molecule has 0 aliphatic carbocycles. The highest BCUT2D eigenvalue weighted by atomic mass is 35.5. The Bertz CT molecular complexity index is 768. The summed E-state index contributed by atoms with van der Waals surface area (Å²) in [4.78, 5) is 24.9. The number of nitrogens with one attached hydrogen (secondary N) is 1. The third-order valence-corrected chi connectivity index (χ3v) is 4.60. The van der Waals surface area contributed by atoms with Gasteiger partial charge in [-0.1, -0.05) is 30.7 Å². The van der Waals surface area contributed by atoms with Crippen molar-refractivity contribution in [1.82, 2.24) is 0 Å². The molecule has 0 aliphatic heterocycles. The van der Waals surface area contributed by atoms with Crippen LogP contribution in [-0.4, -0.2) is 24.2 Å². The number of nitrogen functional groups attached to an aromatic ring is 1. The lowest BCUT2D eigenvalue weighted by molar-refractivity contribution is -0.113. The maximum atomic E-state index is 12.1. The molecule has 0 heterocycles. The van der Waals surface area contributed by atoms with E-state index in [4.69, 9.17) is 22.1 Å². The maximum Gasteiger partial charge on any atom is 0.339 e. The number of thioether (sulfide) groups is 1. The van der Waals surface area contributed by atoms with Gasteiger partial charge in [-0.3, -0.25) is 4.79 Å². The summed E-state index contributed by atoms with van der Waals surface area (Å²) < 4.78 is 5.08. The number of amides is 1. The van der Waals surface area contributed by atoms with Gasteiger partial charge in [0, 0.05) is 16.3 Å². The van der Waals surface area contributed by atoms with Gasteiger partial charge >= 0.3 is 5.97 Å². The van der Waals surface area contributed by atoms with Gasteiger partial charge in [0.15, 0.2) is 0 Å². The van der Waals surface area contributed by atoms with Crippen molar-refractivity contribution in [2.24, 2.45) is 0 Å². The van der Waals surface area contributed by atoms with Crippen LogP contribution in [0.1, 0.15) is 23.7 Å². The SMILES string of the molecule is CCCOC(=O)c1cc(NC(=O)CSc2ccccc2N)ccc1Cl. The van der Waals surface area contributed by atoms with E-state index in [0.717, 1.165) is 11.3 Å². The van der Waals surface area contributed by atoms with Gasteiger partial charge in [-0.05, 0) is 36.8 Å². The van der Waals surface area contributed by atoms with Crippen LogP contribution in [0, 0.1) is 0 Å².